The first-order valence-electron chi connectivity index (χ1n) is 5.11. The Hall–Kier alpha value is -2.03. The van der Waals surface area contributed by atoms with Crippen LogP contribution in [0.1, 0.15) is 18.6 Å². The van der Waals surface area contributed by atoms with Crippen LogP contribution in [0.5, 0.6) is 11.5 Å². The van der Waals surface area contributed by atoms with Gasteiger partial charge < -0.3 is 9.84 Å². The number of phenolic OH excluding ortho intramolecular Hbond substituents is 1. The second kappa shape index (κ2) is 4.66. The number of aromatic hydroxyl groups is 1. The monoisotopic (exact) mass is 215 g/mol. The summed E-state index contributed by atoms with van der Waals surface area (Å²) in [6.07, 6.45) is 3.41. The van der Waals surface area contributed by atoms with Gasteiger partial charge in [-0.2, -0.15) is 0 Å². The van der Waals surface area contributed by atoms with E-state index in [0.717, 1.165) is 5.56 Å². The van der Waals surface area contributed by atoms with Gasteiger partial charge in [-0.15, -0.1) is 0 Å². The number of ether oxygens (including phenoxy) is 1. The average Bonchev–Trinajstić information content (AvgIpc) is 2.30. The molecule has 82 valence electrons. The molecule has 0 radical (unpaired) electrons. The van der Waals surface area contributed by atoms with Crippen molar-refractivity contribution in [3.8, 4) is 11.5 Å². The number of hydrogen-bond donors (Lipinski definition) is 1. The van der Waals surface area contributed by atoms with Crippen molar-refractivity contribution in [1.82, 2.24) is 4.98 Å². The van der Waals surface area contributed by atoms with Gasteiger partial charge >= 0.3 is 0 Å². The molecule has 0 saturated carbocycles. The summed E-state index contributed by atoms with van der Waals surface area (Å²) in [4.78, 5) is 4.04. The summed E-state index contributed by atoms with van der Waals surface area (Å²) in [5.41, 5.74) is 1.01. The number of phenols is 1. The van der Waals surface area contributed by atoms with E-state index in [1.807, 2.05) is 25.1 Å². The minimum atomic E-state index is -0.0875. The van der Waals surface area contributed by atoms with E-state index in [0.29, 0.717) is 5.75 Å². The molecule has 3 nitrogen and oxygen atoms in total. The molecule has 16 heavy (non-hydrogen) atoms. The smallest absolute Gasteiger partial charge is 0.123 e. The third-order valence-corrected chi connectivity index (χ3v) is 2.28. The minimum Gasteiger partial charge on any atom is -0.508 e. The van der Waals surface area contributed by atoms with Crippen molar-refractivity contribution in [2.75, 3.05) is 0 Å². The fourth-order valence-electron chi connectivity index (χ4n) is 1.45. The van der Waals surface area contributed by atoms with Crippen molar-refractivity contribution >= 4 is 0 Å². The molecule has 0 aliphatic carbocycles. The first-order valence-corrected chi connectivity index (χ1v) is 5.11. The Labute approximate surface area is 94.3 Å². The van der Waals surface area contributed by atoms with Crippen LogP contribution in [0, 0.1) is 0 Å². The summed E-state index contributed by atoms with van der Waals surface area (Å²) in [6.45, 7) is 1.95. The highest BCUT2D eigenvalue weighted by atomic mass is 16.5. The van der Waals surface area contributed by atoms with Crippen molar-refractivity contribution < 1.29 is 9.84 Å². The SMILES string of the molecule is CC(Oc1cccc(O)c1)c1cccnc1. The molecule has 0 aliphatic rings. The molecule has 1 N–H and O–H groups in total. The zero-order valence-electron chi connectivity index (χ0n) is 9.00. The fourth-order valence-corrected chi connectivity index (χ4v) is 1.45. The fraction of sp³-hybridized carbons (Fsp3) is 0.154. The molecule has 0 bridgehead atoms. The lowest BCUT2D eigenvalue weighted by atomic mass is 10.2. The van der Waals surface area contributed by atoms with Gasteiger partial charge in [0.1, 0.15) is 17.6 Å². The first-order chi connectivity index (χ1) is 7.75. The number of nitrogens with zero attached hydrogens (tertiary/aromatic N) is 1. The number of aromatic nitrogens is 1. The molecular formula is C13H13NO2. The summed E-state index contributed by atoms with van der Waals surface area (Å²) in [7, 11) is 0. The normalized spacial score (nSPS) is 12.1. The van der Waals surface area contributed by atoms with Gasteiger partial charge in [-0.25, -0.2) is 0 Å². The van der Waals surface area contributed by atoms with E-state index in [-0.39, 0.29) is 11.9 Å². The largest absolute Gasteiger partial charge is 0.508 e. The Balaban J connectivity index is 2.11. The van der Waals surface area contributed by atoms with Gasteiger partial charge in [-0.1, -0.05) is 12.1 Å². The lowest BCUT2D eigenvalue weighted by Crippen LogP contribution is -2.02. The Morgan fingerprint density at radius 3 is 2.81 bits per heavy atom. The maximum Gasteiger partial charge on any atom is 0.123 e. The average molecular weight is 215 g/mol. The van der Waals surface area contributed by atoms with E-state index in [2.05, 4.69) is 4.98 Å². The number of hydrogen-bond acceptors (Lipinski definition) is 3. The molecule has 0 fully saturated rings. The van der Waals surface area contributed by atoms with Crippen LogP contribution in [0.15, 0.2) is 48.8 Å². The molecule has 1 unspecified atom stereocenters. The van der Waals surface area contributed by atoms with Crippen LogP contribution in [0.2, 0.25) is 0 Å². The van der Waals surface area contributed by atoms with E-state index in [9.17, 15) is 5.11 Å². The minimum absolute atomic E-state index is 0.0875. The molecule has 0 aliphatic heterocycles. The van der Waals surface area contributed by atoms with Gasteiger partial charge in [0, 0.05) is 24.0 Å². The highest BCUT2D eigenvalue weighted by Gasteiger charge is 2.06. The van der Waals surface area contributed by atoms with Gasteiger partial charge in [0.25, 0.3) is 0 Å². The van der Waals surface area contributed by atoms with Crippen molar-refractivity contribution in [2.45, 2.75) is 13.0 Å². The predicted octanol–water partition coefficient (Wildman–Crippen LogP) is 2.93. The number of rotatable bonds is 3. The molecule has 1 aromatic heterocycles. The summed E-state index contributed by atoms with van der Waals surface area (Å²) in [5.74, 6) is 0.854. The molecule has 1 atom stereocenters. The van der Waals surface area contributed by atoms with Crippen molar-refractivity contribution in [2.24, 2.45) is 0 Å². The predicted molar refractivity (Wildman–Crippen MR) is 61.4 cm³/mol. The van der Waals surface area contributed by atoms with Crippen LogP contribution in [0.3, 0.4) is 0 Å². The van der Waals surface area contributed by atoms with Crippen LogP contribution in [-0.2, 0) is 0 Å². The van der Waals surface area contributed by atoms with Gasteiger partial charge in [0.2, 0.25) is 0 Å². The molecule has 2 aromatic rings. The van der Waals surface area contributed by atoms with Crippen LogP contribution < -0.4 is 4.74 Å². The Bertz CT molecular complexity index is 456. The summed E-state index contributed by atoms with van der Waals surface area (Å²) in [5, 5.41) is 9.30. The van der Waals surface area contributed by atoms with E-state index in [1.165, 1.54) is 0 Å². The quantitative estimate of drug-likeness (QED) is 0.855. The second-order valence-corrected chi connectivity index (χ2v) is 3.54. The van der Waals surface area contributed by atoms with E-state index >= 15 is 0 Å². The van der Waals surface area contributed by atoms with Gasteiger partial charge in [-0.3, -0.25) is 4.98 Å². The van der Waals surface area contributed by atoms with Crippen LogP contribution >= 0.6 is 0 Å². The first kappa shape index (κ1) is 10.5. The van der Waals surface area contributed by atoms with E-state index in [1.54, 1.807) is 30.6 Å². The summed E-state index contributed by atoms with van der Waals surface area (Å²) in [6, 6.07) is 10.6. The summed E-state index contributed by atoms with van der Waals surface area (Å²) >= 11 is 0. The standard InChI is InChI=1S/C13H13NO2/c1-10(11-4-3-7-14-9-11)16-13-6-2-5-12(15)8-13/h2-10,15H,1H3. The third-order valence-electron chi connectivity index (χ3n) is 2.28. The van der Waals surface area contributed by atoms with Crippen molar-refractivity contribution in [1.29, 1.82) is 0 Å². The molecule has 2 rings (SSSR count). The number of benzene rings is 1. The number of pyridine rings is 1. The molecular weight excluding hydrogens is 202 g/mol. The van der Waals surface area contributed by atoms with Gasteiger partial charge in [0.15, 0.2) is 0 Å². The molecule has 0 saturated heterocycles. The third kappa shape index (κ3) is 2.51. The Morgan fingerprint density at radius 2 is 2.12 bits per heavy atom. The van der Waals surface area contributed by atoms with Crippen LogP contribution in [0.25, 0.3) is 0 Å². The molecule has 1 heterocycles. The highest BCUT2D eigenvalue weighted by molar-refractivity contribution is 5.32. The highest BCUT2D eigenvalue weighted by Crippen LogP contribution is 2.23. The lowest BCUT2D eigenvalue weighted by Gasteiger charge is -2.14. The van der Waals surface area contributed by atoms with Gasteiger partial charge in [0.05, 0.1) is 0 Å². The van der Waals surface area contributed by atoms with Gasteiger partial charge in [-0.05, 0) is 25.1 Å². The van der Waals surface area contributed by atoms with E-state index in [4.69, 9.17) is 4.74 Å². The summed E-state index contributed by atoms with van der Waals surface area (Å²) < 4.78 is 5.68. The Kier molecular flexibility index (Phi) is 3.05. The maximum absolute atomic E-state index is 9.30. The van der Waals surface area contributed by atoms with Crippen molar-refractivity contribution in [3.05, 3.63) is 54.4 Å². The molecule has 0 spiro atoms. The second-order valence-electron chi connectivity index (χ2n) is 3.54. The van der Waals surface area contributed by atoms with Crippen LogP contribution in [-0.4, -0.2) is 10.1 Å². The van der Waals surface area contributed by atoms with Crippen molar-refractivity contribution in [3.63, 3.8) is 0 Å². The topological polar surface area (TPSA) is 42.4 Å². The van der Waals surface area contributed by atoms with Crippen LogP contribution in [0.4, 0.5) is 0 Å². The molecule has 1 aromatic carbocycles. The Morgan fingerprint density at radius 1 is 1.25 bits per heavy atom. The molecule has 3 heteroatoms. The lowest BCUT2D eigenvalue weighted by molar-refractivity contribution is 0.225. The molecule has 0 amide bonds. The maximum atomic E-state index is 9.30. The zero-order chi connectivity index (χ0) is 11.4. The zero-order valence-corrected chi connectivity index (χ0v) is 9.00. The van der Waals surface area contributed by atoms with E-state index < -0.39 is 0 Å².